The molecule has 3 heterocycles. The van der Waals surface area contributed by atoms with Crippen LogP contribution in [0, 0.1) is 93.6 Å². The predicted octanol–water partition coefficient (Wildman–Crippen LogP) is 25.1. The molecule has 4 aliphatic carbocycles. The summed E-state index contributed by atoms with van der Waals surface area (Å²) in [5, 5.41) is 75.1. The molecular weight excluding hydrogens is 1750 g/mol. The lowest BCUT2D eigenvalue weighted by Gasteiger charge is -2.12. The number of halogens is 5. The highest BCUT2D eigenvalue weighted by Crippen LogP contribution is 2.44. The molecule has 0 atom stereocenters. The molecule has 0 saturated heterocycles. The van der Waals surface area contributed by atoms with Crippen LogP contribution < -0.4 is 16.7 Å². The third kappa shape index (κ3) is 18.9. The van der Waals surface area contributed by atoms with E-state index in [9.17, 15) is 82.5 Å². The first-order chi connectivity index (χ1) is 64.0. The van der Waals surface area contributed by atoms with E-state index in [4.69, 9.17) is 23.2 Å². The van der Waals surface area contributed by atoms with E-state index in [0.717, 1.165) is 150 Å². The number of hydrogen-bond acceptors (Lipinski definition) is 14. The maximum absolute atomic E-state index is 14.2. The van der Waals surface area contributed by atoms with Gasteiger partial charge in [0.15, 0.2) is 34.7 Å². The minimum atomic E-state index is -0.653. The van der Waals surface area contributed by atoms with E-state index in [1.807, 2.05) is 166 Å². The molecule has 0 bridgehead atoms. The number of hydrogen-bond donors (Lipinski definition) is 7. The molecule has 17 aromatic rings. The molecule has 0 saturated carbocycles. The van der Waals surface area contributed by atoms with Gasteiger partial charge in [-0.2, -0.15) is 0 Å². The Kier molecular flexibility index (Phi) is 26.7. The van der Waals surface area contributed by atoms with Crippen LogP contribution in [0.15, 0.2) is 215 Å². The summed E-state index contributed by atoms with van der Waals surface area (Å²) in [6, 6.07) is 58.0. The number of carbonyl (C=O) groups is 4. The van der Waals surface area contributed by atoms with Gasteiger partial charge in [-0.15, -0.1) is 0 Å². The number of ketones is 4. The van der Waals surface area contributed by atoms with Crippen LogP contribution in [-0.4, -0.2) is 72.6 Å². The number of phenolic OH excluding ortho intramolecular Hbond substituents is 7. The first kappa shape index (κ1) is 94.8. The number of aromatic nitrogens is 3. The minimum Gasteiger partial charge on any atom is -0.508 e. The molecule has 17 nitrogen and oxygen atoms in total. The smallest absolute Gasteiger partial charge is 0.258 e. The van der Waals surface area contributed by atoms with Crippen LogP contribution in [0.3, 0.4) is 0 Å². The van der Waals surface area contributed by atoms with E-state index in [1.165, 1.54) is 34.9 Å². The van der Waals surface area contributed by atoms with Crippen molar-refractivity contribution in [2.45, 2.75) is 128 Å². The molecule has 22 heteroatoms. The highest BCUT2D eigenvalue weighted by atomic mass is 35.5. The van der Waals surface area contributed by atoms with Crippen molar-refractivity contribution >= 4 is 111 Å². The SMILES string of the molecule is Cc1cc(F)c2c(c1)c(=O)n(C)c1cc(O)ccc21.Cc1cc2c(=O)n(C)c3cc(O)c(C)cc3c2cc1C.Cc1cc2c3cc(Cl)c(C)cc3c(=O)n(C)c2cc1O.Cc1ccc2c(c1)C(=O)CCc1cc(O)c(C)cc1-2.Cc1ccc2c(c1)C(=O)CCc1cc(O)c(Cl)cc1-2.Cc1ccc2c(c1)C(=O)CCc1cc(O)c(F)cc1-2.Cc1ccc2c(c1)C(=O)CCc1cc(O)cc(F)c1-2. The van der Waals surface area contributed by atoms with E-state index in [2.05, 4.69) is 6.07 Å². The van der Waals surface area contributed by atoms with Crippen molar-refractivity contribution in [1.82, 2.24) is 13.7 Å². The van der Waals surface area contributed by atoms with E-state index in [0.29, 0.717) is 139 Å². The largest absolute Gasteiger partial charge is 0.508 e. The lowest BCUT2D eigenvalue weighted by Crippen LogP contribution is -2.17. The monoisotopic (exact) mass is 1850 g/mol. The molecule has 0 spiro atoms. The molecule has 0 radical (unpaired) electrons. The second-order valence-corrected chi connectivity index (χ2v) is 36.3. The van der Waals surface area contributed by atoms with Crippen LogP contribution in [0.4, 0.5) is 13.2 Å². The fraction of sp³-hybridized carbons (Fsp3) is 0.195. The lowest BCUT2D eigenvalue weighted by atomic mass is 9.93. The molecule has 14 aromatic carbocycles. The topological polar surface area (TPSA) is 276 Å². The number of aromatic hydroxyl groups is 7. The predicted molar refractivity (Wildman–Crippen MR) is 532 cm³/mol. The molecule has 21 rings (SSSR count). The number of fused-ring (bicyclic) bond motifs is 21. The number of pyridine rings is 3. The standard InChI is InChI=1S/C17H17NO2.C17H16O2.C16H14ClNO2.C16H13ClO2.2C16H13FO2.C15H12FNO2/c1-9-5-12-13-7-11(3)16(19)8-15(13)18(4)17(20)14(12)6-10(9)2;1-10-3-5-13-14-8-11(2)17(19)9-12(14)4-6-16(18)15(13)7-10;1-8-4-12-10(6-13(8)17)11-5-9(2)15(19)7-14(11)18(3)16(12)20;1-9-2-4-11-12-8-14(17)16(19)7-10(12)3-5-15(18)13(11)6-9;1-9-2-4-12-13(6-9)15(19)5-3-10-7-11(18)8-14(17)16(10)12;1-9-2-4-11-12-8-14(17)16(19)7-10(12)3-5-15(18)13(11)6-9;1-8-5-11-14(12(16)6-8)10-4-3-9(18)7-13(10)17(2)15(11)19/h5-8,19H,1-4H3;3,5,7-9,19H,4,6H2,1-2H3;4-7,19H,1-3H3;2,4,6-8,19H,3,5H2,1H3;2,4,6-8,18H,3,5H2,1H3;2,4,6-8,19H,3,5H2,1H3;3-7,18H,1-2H3. The summed E-state index contributed by atoms with van der Waals surface area (Å²) in [6.45, 7) is 21.1. The van der Waals surface area contributed by atoms with Gasteiger partial charge in [0.2, 0.25) is 0 Å². The fourth-order valence-corrected chi connectivity index (χ4v) is 18.5. The van der Waals surface area contributed by atoms with Gasteiger partial charge in [-0.25, -0.2) is 13.2 Å². The Bertz CT molecular complexity index is 7680. The molecule has 0 aliphatic heterocycles. The summed E-state index contributed by atoms with van der Waals surface area (Å²) < 4.78 is 46.5. The third-order valence-electron chi connectivity index (χ3n) is 25.8. The van der Waals surface area contributed by atoms with Gasteiger partial charge in [-0.3, -0.25) is 33.6 Å². The van der Waals surface area contributed by atoms with Crippen LogP contribution >= 0.6 is 23.2 Å². The summed E-state index contributed by atoms with van der Waals surface area (Å²) >= 11 is 12.2. The van der Waals surface area contributed by atoms with Crippen LogP contribution in [0.2, 0.25) is 10.0 Å². The van der Waals surface area contributed by atoms with Crippen molar-refractivity contribution in [2.75, 3.05) is 0 Å². The Balaban J connectivity index is 0.000000120. The maximum Gasteiger partial charge on any atom is 0.258 e. The molecule has 0 unspecified atom stereocenters. The van der Waals surface area contributed by atoms with Crippen molar-refractivity contribution < 1.29 is 68.1 Å². The van der Waals surface area contributed by atoms with Gasteiger partial charge in [0.05, 0.1) is 27.0 Å². The summed E-state index contributed by atoms with van der Waals surface area (Å²) in [5.74, 6) is -0.750. The summed E-state index contributed by atoms with van der Waals surface area (Å²) in [4.78, 5) is 85.9. The van der Waals surface area contributed by atoms with E-state index in [-0.39, 0.29) is 74.3 Å². The lowest BCUT2D eigenvalue weighted by molar-refractivity contribution is 0.0976. The van der Waals surface area contributed by atoms with Crippen LogP contribution in [-0.2, 0) is 46.8 Å². The Hall–Kier alpha value is -14.9. The van der Waals surface area contributed by atoms with Crippen molar-refractivity contribution in [3.05, 3.63) is 364 Å². The summed E-state index contributed by atoms with van der Waals surface area (Å²) in [5.41, 5.74) is 24.8. The first-order valence-electron chi connectivity index (χ1n) is 44.0. The molecule has 0 amide bonds. The van der Waals surface area contributed by atoms with E-state index >= 15 is 0 Å². The molecule has 7 N–H and O–H groups in total. The zero-order valence-electron chi connectivity index (χ0n) is 76.9. The maximum atomic E-state index is 14.2. The van der Waals surface area contributed by atoms with Crippen LogP contribution in [0.5, 0.6) is 40.2 Å². The van der Waals surface area contributed by atoms with E-state index < -0.39 is 17.5 Å². The Labute approximate surface area is 786 Å². The number of Topliss-reactive ketones (excluding diaryl/α,β-unsaturated/α-hetero) is 4. The molecular formula is C113H98Cl2F3N3O14. The van der Waals surface area contributed by atoms with Gasteiger partial charge in [0, 0.05) is 136 Å². The quantitative estimate of drug-likeness (QED) is 0.0696. The van der Waals surface area contributed by atoms with Crippen LogP contribution in [0.1, 0.15) is 151 Å². The number of rotatable bonds is 0. The van der Waals surface area contributed by atoms with Crippen molar-refractivity contribution in [3.63, 3.8) is 0 Å². The summed E-state index contributed by atoms with van der Waals surface area (Å²) in [7, 11) is 5.07. The number of nitrogens with zero attached hydrogens (tertiary/aromatic N) is 3. The second-order valence-electron chi connectivity index (χ2n) is 35.5. The Morgan fingerprint density at radius 2 is 0.622 bits per heavy atom. The first-order valence-corrected chi connectivity index (χ1v) is 44.8. The molecule has 3 aromatic heterocycles. The van der Waals surface area contributed by atoms with E-state index in [1.54, 1.807) is 97.9 Å². The third-order valence-corrected chi connectivity index (χ3v) is 26.5. The highest BCUT2D eigenvalue weighted by Gasteiger charge is 2.29. The zero-order chi connectivity index (χ0) is 97.2. The molecule has 684 valence electrons. The second kappa shape index (κ2) is 38.0. The number of aryl methyl sites for hydroxylation is 18. The zero-order valence-corrected chi connectivity index (χ0v) is 78.4. The van der Waals surface area contributed by atoms with Gasteiger partial charge in [0.25, 0.3) is 16.7 Å². The normalized spacial score (nSPS) is 12.7. The van der Waals surface area contributed by atoms with Gasteiger partial charge in [-0.05, 0) is 334 Å². The summed E-state index contributed by atoms with van der Waals surface area (Å²) in [6.07, 6.45) is 3.99. The van der Waals surface area contributed by atoms with Gasteiger partial charge in [0.1, 0.15) is 46.1 Å². The van der Waals surface area contributed by atoms with Crippen molar-refractivity contribution in [2.24, 2.45) is 21.1 Å². The van der Waals surface area contributed by atoms with Crippen LogP contribution in [0.25, 0.3) is 110 Å². The molecule has 4 aliphatic rings. The van der Waals surface area contributed by atoms with Crippen molar-refractivity contribution in [1.29, 1.82) is 0 Å². The van der Waals surface area contributed by atoms with Gasteiger partial charge >= 0.3 is 0 Å². The highest BCUT2D eigenvalue weighted by molar-refractivity contribution is 6.33. The Morgan fingerprint density at radius 3 is 1.11 bits per heavy atom. The van der Waals surface area contributed by atoms with Crippen molar-refractivity contribution in [3.8, 4) is 84.8 Å². The number of benzene rings is 14. The average Bonchev–Trinajstić information content (AvgIpc) is 1.67. The molecule has 0 fully saturated rings. The average molecular weight is 1850 g/mol. The fourth-order valence-electron chi connectivity index (χ4n) is 18.2. The minimum absolute atomic E-state index is 0.0220. The van der Waals surface area contributed by atoms with Gasteiger partial charge in [-0.1, -0.05) is 100 Å². The number of carbonyl (C=O) groups excluding carboxylic acids is 4. The van der Waals surface area contributed by atoms with Gasteiger partial charge < -0.3 is 49.4 Å². The Morgan fingerprint density at radius 1 is 0.244 bits per heavy atom. The molecule has 135 heavy (non-hydrogen) atoms. The number of phenols is 7.